The minimum absolute atomic E-state index is 0.330. The van der Waals surface area contributed by atoms with Crippen molar-refractivity contribution in [2.45, 2.75) is 24.9 Å². The van der Waals surface area contributed by atoms with E-state index in [0.29, 0.717) is 18.0 Å². The van der Waals surface area contributed by atoms with E-state index < -0.39 is 6.10 Å². The van der Waals surface area contributed by atoms with Crippen LogP contribution in [0.4, 0.5) is 4.39 Å². The average Bonchev–Trinajstić information content (AvgIpc) is 3.11. The van der Waals surface area contributed by atoms with Gasteiger partial charge in [-0.1, -0.05) is 30.3 Å². The number of aliphatic hydroxyl groups excluding tert-OH is 1. The summed E-state index contributed by atoms with van der Waals surface area (Å²) in [5, 5.41) is 11.7. The van der Waals surface area contributed by atoms with E-state index >= 15 is 0 Å². The lowest BCUT2D eigenvalue weighted by Gasteiger charge is -2.33. The van der Waals surface area contributed by atoms with Gasteiger partial charge in [0.1, 0.15) is 5.82 Å². The zero-order valence-corrected chi connectivity index (χ0v) is 14.2. The van der Waals surface area contributed by atoms with Gasteiger partial charge >= 0.3 is 0 Å². The lowest BCUT2D eigenvalue weighted by Crippen LogP contribution is -2.36. The summed E-state index contributed by atoms with van der Waals surface area (Å²) >= 11 is 0. The molecule has 130 valence electrons. The Labute approximate surface area is 147 Å². The van der Waals surface area contributed by atoms with Crippen LogP contribution in [0.25, 0.3) is 10.9 Å². The van der Waals surface area contributed by atoms with Crippen LogP contribution in [0.15, 0.2) is 54.7 Å². The quantitative estimate of drug-likeness (QED) is 0.748. The molecule has 0 bridgehead atoms. The Bertz CT molecular complexity index is 852. The van der Waals surface area contributed by atoms with E-state index in [0.717, 1.165) is 25.9 Å². The highest BCUT2D eigenvalue weighted by molar-refractivity contribution is 5.83. The molecule has 0 aliphatic carbocycles. The zero-order chi connectivity index (χ0) is 17.2. The predicted molar refractivity (Wildman–Crippen MR) is 98.1 cm³/mol. The SMILES string of the molecule is OC(CN1CCC(c2cccc3[nH]ccc23)CC1)c1ccccc1F. The Kier molecular flexibility index (Phi) is 4.55. The largest absolute Gasteiger partial charge is 0.387 e. The number of hydrogen-bond donors (Lipinski definition) is 2. The molecule has 1 aliphatic rings. The number of nitrogens with zero attached hydrogens (tertiary/aromatic N) is 1. The van der Waals surface area contributed by atoms with Crippen LogP contribution < -0.4 is 0 Å². The van der Waals surface area contributed by atoms with Crippen LogP contribution >= 0.6 is 0 Å². The fraction of sp³-hybridized carbons (Fsp3) is 0.333. The van der Waals surface area contributed by atoms with Gasteiger partial charge in [0, 0.05) is 29.2 Å². The Morgan fingerprint density at radius 1 is 1.08 bits per heavy atom. The third kappa shape index (κ3) is 3.32. The molecule has 1 atom stereocenters. The van der Waals surface area contributed by atoms with Crippen molar-refractivity contribution >= 4 is 10.9 Å². The number of rotatable bonds is 4. The first kappa shape index (κ1) is 16.3. The van der Waals surface area contributed by atoms with Crippen LogP contribution in [0.2, 0.25) is 0 Å². The molecule has 25 heavy (non-hydrogen) atoms. The van der Waals surface area contributed by atoms with Crippen molar-refractivity contribution < 1.29 is 9.50 Å². The maximum absolute atomic E-state index is 13.8. The summed E-state index contributed by atoms with van der Waals surface area (Å²) in [6.07, 6.45) is 3.35. The first-order valence-corrected chi connectivity index (χ1v) is 8.93. The number of likely N-dealkylation sites (tertiary alicyclic amines) is 1. The van der Waals surface area contributed by atoms with Crippen molar-refractivity contribution in [3.05, 3.63) is 71.7 Å². The summed E-state index contributed by atoms with van der Waals surface area (Å²) in [4.78, 5) is 5.52. The van der Waals surface area contributed by atoms with Crippen molar-refractivity contribution in [1.29, 1.82) is 0 Å². The molecule has 4 heteroatoms. The first-order chi connectivity index (χ1) is 12.2. The van der Waals surface area contributed by atoms with Crippen molar-refractivity contribution in [2.75, 3.05) is 19.6 Å². The van der Waals surface area contributed by atoms with E-state index in [9.17, 15) is 9.50 Å². The summed E-state index contributed by atoms with van der Waals surface area (Å²) in [5.74, 6) is 0.213. The molecule has 3 aromatic rings. The monoisotopic (exact) mass is 338 g/mol. The maximum Gasteiger partial charge on any atom is 0.129 e. The highest BCUT2D eigenvalue weighted by atomic mass is 19.1. The number of β-amino-alcohol motifs (C(OH)–C–C–N with tert-alkyl or cyclic N) is 1. The summed E-state index contributed by atoms with van der Waals surface area (Å²) in [6.45, 7) is 2.34. The molecule has 2 aromatic carbocycles. The molecule has 1 fully saturated rings. The summed E-state index contributed by atoms with van der Waals surface area (Å²) in [7, 11) is 0. The van der Waals surface area contributed by atoms with Crippen LogP contribution in [-0.4, -0.2) is 34.6 Å². The van der Waals surface area contributed by atoms with Crippen molar-refractivity contribution in [3.63, 3.8) is 0 Å². The van der Waals surface area contributed by atoms with Gasteiger partial charge < -0.3 is 15.0 Å². The smallest absolute Gasteiger partial charge is 0.129 e. The van der Waals surface area contributed by atoms with Crippen LogP contribution in [0.3, 0.4) is 0 Å². The Morgan fingerprint density at radius 2 is 1.88 bits per heavy atom. The van der Waals surface area contributed by atoms with Crippen LogP contribution in [0.5, 0.6) is 0 Å². The number of halogens is 1. The number of piperidine rings is 1. The molecule has 1 aromatic heterocycles. The fourth-order valence-electron chi connectivity index (χ4n) is 3.98. The van der Waals surface area contributed by atoms with Crippen LogP contribution in [0.1, 0.15) is 36.0 Å². The van der Waals surface area contributed by atoms with Crippen LogP contribution in [0, 0.1) is 5.82 Å². The van der Waals surface area contributed by atoms with Gasteiger partial charge in [0.15, 0.2) is 0 Å². The maximum atomic E-state index is 13.8. The third-order valence-corrected chi connectivity index (χ3v) is 5.35. The Hall–Kier alpha value is -2.17. The van der Waals surface area contributed by atoms with E-state index in [4.69, 9.17) is 0 Å². The molecule has 0 radical (unpaired) electrons. The van der Waals surface area contributed by atoms with Crippen molar-refractivity contribution in [2.24, 2.45) is 0 Å². The molecule has 1 saturated heterocycles. The van der Waals surface area contributed by atoms with Gasteiger partial charge in [-0.15, -0.1) is 0 Å². The Morgan fingerprint density at radius 3 is 2.68 bits per heavy atom. The van der Waals surface area contributed by atoms with E-state index in [1.807, 2.05) is 6.20 Å². The van der Waals surface area contributed by atoms with Gasteiger partial charge in [-0.25, -0.2) is 4.39 Å². The topological polar surface area (TPSA) is 39.3 Å². The molecule has 0 spiro atoms. The second-order valence-electron chi connectivity index (χ2n) is 6.90. The second-order valence-corrected chi connectivity index (χ2v) is 6.90. The van der Waals surface area contributed by atoms with Crippen LogP contribution in [-0.2, 0) is 0 Å². The number of aromatic amines is 1. The highest BCUT2D eigenvalue weighted by Crippen LogP contribution is 2.33. The van der Waals surface area contributed by atoms with Gasteiger partial charge in [-0.05, 0) is 55.6 Å². The molecule has 0 amide bonds. The minimum atomic E-state index is -0.772. The summed E-state index contributed by atoms with van der Waals surface area (Å²) in [5.41, 5.74) is 2.99. The molecular weight excluding hydrogens is 315 g/mol. The third-order valence-electron chi connectivity index (χ3n) is 5.35. The van der Waals surface area contributed by atoms with Gasteiger partial charge in [-0.2, -0.15) is 0 Å². The number of hydrogen-bond acceptors (Lipinski definition) is 2. The lowest BCUT2D eigenvalue weighted by molar-refractivity contribution is 0.0948. The predicted octanol–water partition coefficient (Wildman–Crippen LogP) is 4.22. The molecule has 2 N–H and O–H groups in total. The molecular formula is C21H23FN2O. The minimum Gasteiger partial charge on any atom is -0.387 e. The zero-order valence-electron chi connectivity index (χ0n) is 14.2. The molecule has 1 aliphatic heterocycles. The molecule has 1 unspecified atom stereocenters. The average molecular weight is 338 g/mol. The molecule has 3 nitrogen and oxygen atoms in total. The number of aliphatic hydroxyl groups is 1. The number of fused-ring (bicyclic) bond motifs is 1. The fourth-order valence-corrected chi connectivity index (χ4v) is 3.98. The van der Waals surface area contributed by atoms with Crippen molar-refractivity contribution in [1.82, 2.24) is 9.88 Å². The number of nitrogens with one attached hydrogen (secondary N) is 1. The molecule has 4 rings (SSSR count). The second kappa shape index (κ2) is 6.98. The van der Waals surface area contributed by atoms with Gasteiger partial charge in [0.2, 0.25) is 0 Å². The van der Waals surface area contributed by atoms with Gasteiger partial charge in [0.05, 0.1) is 6.10 Å². The van der Waals surface area contributed by atoms with E-state index in [1.165, 1.54) is 22.5 Å². The van der Waals surface area contributed by atoms with Crippen molar-refractivity contribution in [3.8, 4) is 0 Å². The number of benzene rings is 2. The lowest BCUT2D eigenvalue weighted by atomic mass is 9.87. The summed E-state index contributed by atoms with van der Waals surface area (Å²) in [6, 6.07) is 15.1. The normalized spacial score (nSPS) is 17.8. The molecule has 0 saturated carbocycles. The van der Waals surface area contributed by atoms with E-state index in [2.05, 4.69) is 34.1 Å². The summed E-state index contributed by atoms with van der Waals surface area (Å²) < 4.78 is 13.8. The first-order valence-electron chi connectivity index (χ1n) is 8.93. The number of aromatic nitrogens is 1. The van der Waals surface area contributed by atoms with Gasteiger partial charge in [0.25, 0.3) is 0 Å². The Balaban J connectivity index is 1.40. The van der Waals surface area contributed by atoms with E-state index in [1.54, 1.807) is 18.2 Å². The highest BCUT2D eigenvalue weighted by Gasteiger charge is 2.24. The standard InChI is InChI=1S/C21H23FN2O/c22-19-6-2-1-4-18(19)21(25)14-24-12-9-15(10-13-24)16-5-3-7-20-17(16)8-11-23-20/h1-8,11,15,21,23,25H,9-10,12-14H2. The van der Waals surface area contributed by atoms with Gasteiger partial charge in [-0.3, -0.25) is 0 Å². The molecule has 2 heterocycles. The number of H-pyrrole nitrogens is 1. The van der Waals surface area contributed by atoms with E-state index in [-0.39, 0.29) is 5.82 Å².